The Bertz CT molecular complexity index is 226. The molecule has 1 saturated carbocycles. The van der Waals surface area contributed by atoms with Gasteiger partial charge in [-0.25, -0.2) is 0 Å². The molecule has 1 fully saturated rings. The van der Waals surface area contributed by atoms with Crippen molar-refractivity contribution in [1.29, 1.82) is 0 Å². The zero-order valence-corrected chi connectivity index (χ0v) is 8.88. The fourth-order valence-electron chi connectivity index (χ4n) is 1.11. The first-order chi connectivity index (χ1) is 6.11. The number of carbonyl (C=O) groups excluding carboxylic acids is 1. The van der Waals surface area contributed by atoms with Crippen molar-refractivity contribution in [2.24, 2.45) is 5.92 Å². The molecule has 0 aliphatic heterocycles. The molecule has 0 aromatic heterocycles. The molecule has 0 atom stereocenters. The van der Waals surface area contributed by atoms with E-state index in [9.17, 15) is 9.36 Å². The molecule has 4 nitrogen and oxygen atoms in total. The molecule has 0 unspecified atom stereocenters. The Morgan fingerprint density at radius 3 is 2.31 bits per heavy atom. The Morgan fingerprint density at radius 2 is 1.92 bits per heavy atom. The second-order valence-electron chi connectivity index (χ2n) is 3.19. The van der Waals surface area contributed by atoms with Crippen LogP contribution in [0.4, 0.5) is 0 Å². The number of hydrogen-bond donors (Lipinski definition) is 0. The summed E-state index contributed by atoms with van der Waals surface area (Å²) in [6.07, 6.45) is 2.49. The molecule has 0 aromatic carbocycles. The van der Waals surface area contributed by atoms with Crippen LogP contribution in [0.25, 0.3) is 0 Å². The van der Waals surface area contributed by atoms with Gasteiger partial charge in [0.2, 0.25) is 0 Å². The lowest BCUT2D eigenvalue weighted by Crippen LogP contribution is -2.05. The monoisotopic (exact) mass is 206 g/mol. The third-order valence-corrected chi connectivity index (χ3v) is 4.11. The Morgan fingerprint density at radius 1 is 1.38 bits per heavy atom. The molecular weight excluding hydrogens is 191 g/mol. The fourth-order valence-corrected chi connectivity index (χ4v) is 2.12. The summed E-state index contributed by atoms with van der Waals surface area (Å²) in [7, 11) is -0.289. The van der Waals surface area contributed by atoms with Crippen LogP contribution >= 0.6 is 7.60 Å². The van der Waals surface area contributed by atoms with Gasteiger partial charge in [0.25, 0.3) is 0 Å². The van der Waals surface area contributed by atoms with Crippen molar-refractivity contribution in [3.05, 3.63) is 0 Å². The third-order valence-electron chi connectivity index (χ3n) is 2.22. The van der Waals surface area contributed by atoms with Gasteiger partial charge in [-0.05, 0) is 12.8 Å². The van der Waals surface area contributed by atoms with Crippen LogP contribution in [0, 0.1) is 5.92 Å². The van der Waals surface area contributed by atoms with Crippen molar-refractivity contribution >= 4 is 13.4 Å². The maximum atomic E-state index is 11.5. The van der Waals surface area contributed by atoms with Crippen molar-refractivity contribution in [1.82, 2.24) is 0 Å². The summed E-state index contributed by atoms with van der Waals surface area (Å²) < 4.78 is 20.9. The second kappa shape index (κ2) is 4.36. The first-order valence-electron chi connectivity index (χ1n) is 4.34. The second-order valence-corrected chi connectivity index (χ2v) is 5.59. The van der Waals surface area contributed by atoms with Crippen LogP contribution in [0.3, 0.4) is 0 Å². The third kappa shape index (κ3) is 3.22. The van der Waals surface area contributed by atoms with Gasteiger partial charge in [-0.3, -0.25) is 9.36 Å². The summed E-state index contributed by atoms with van der Waals surface area (Å²) in [5.74, 6) is 0.413. The number of rotatable bonds is 6. The predicted octanol–water partition coefficient (Wildman–Crippen LogP) is 1.84. The summed E-state index contributed by atoms with van der Waals surface area (Å²) in [5.41, 5.74) is 0. The molecule has 76 valence electrons. The maximum absolute atomic E-state index is 11.5. The van der Waals surface area contributed by atoms with Gasteiger partial charge in [0.1, 0.15) is 5.78 Å². The zero-order valence-electron chi connectivity index (χ0n) is 7.99. The molecule has 1 rings (SSSR count). The molecule has 0 saturated heterocycles. The van der Waals surface area contributed by atoms with E-state index in [0.29, 0.717) is 6.42 Å². The molecule has 13 heavy (non-hydrogen) atoms. The molecule has 5 heteroatoms. The SMILES string of the molecule is COP(=O)(CCC(=O)C1CC1)OC. The Kier molecular flexibility index (Phi) is 3.65. The minimum absolute atomic E-state index is 0.189. The van der Waals surface area contributed by atoms with Crippen LogP contribution in [0.15, 0.2) is 0 Å². The molecule has 0 aromatic rings. The minimum atomic E-state index is -2.97. The van der Waals surface area contributed by atoms with Crippen molar-refractivity contribution in [3.8, 4) is 0 Å². The molecule has 0 heterocycles. The van der Waals surface area contributed by atoms with Crippen LogP contribution in [0.2, 0.25) is 0 Å². The fraction of sp³-hybridized carbons (Fsp3) is 0.875. The molecule has 1 aliphatic carbocycles. The van der Waals surface area contributed by atoms with Gasteiger partial charge in [0.05, 0.1) is 6.16 Å². The molecule has 0 bridgehead atoms. The molecule has 1 aliphatic rings. The molecule has 0 spiro atoms. The topological polar surface area (TPSA) is 52.6 Å². The van der Waals surface area contributed by atoms with Crippen LogP contribution in [-0.2, 0) is 18.4 Å². The zero-order chi connectivity index (χ0) is 9.90. The van der Waals surface area contributed by atoms with Gasteiger partial charge in [-0.2, -0.15) is 0 Å². The molecule has 0 radical (unpaired) electrons. The van der Waals surface area contributed by atoms with Crippen molar-refractivity contribution in [2.45, 2.75) is 19.3 Å². The number of carbonyl (C=O) groups is 1. The van der Waals surface area contributed by atoms with Gasteiger partial charge in [-0.15, -0.1) is 0 Å². The average Bonchev–Trinajstić information content (AvgIpc) is 2.97. The highest BCUT2D eigenvalue weighted by Crippen LogP contribution is 2.47. The highest BCUT2D eigenvalue weighted by Gasteiger charge is 2.31. The van der Waals surface area contributed by atoms with Gasteiger partial charge >= 0.3 is 7.60 Å². The lowest BCUT2D eigenvalue weighted by molar-refractivity contribution is -0.119. The van der Waals surface area contributed by atoms with Crippen molar-refractivity contribution < 1.29 is 18.4 Å². The van der Waals surface area contributed by atoms with Crippen LogP contribution in [0.5, 0.6) is 0 Å². The van der Waals surface area contributed by atoms with Gasteiger partial charge < -0.3 is 9.05 Å². The van der Waals surface area contributed by atoms with E-state index >= 15 is 0 Å². The van der Waals surface area contributed by atoms with E-state index in [2.05, 4.69) is 0 Å². The summed E-state index contributed by atoms with van der Waals surface area (Å²) in [5, 5.41) is 0. The lowest BCUT2D eigenvalue weighted by atomic mass is 10.2. The summed E-state index contributed by atoms with van der Waals surface area (Å²) in [6.45, 7) is 0. The minimum Gasteiger partial charge on any atom is -0.312 e. The Balaban J connectivity index is 2.30. The normalized spacial score (nSPS) is 17.4. The van der Waals surface area contributed by atoms with Crippen molar-refractivity contribution in [2.75, 3.05) is 20.4 Å². The van der Waals surface area contributed by atoms with Gasteiger partial charge in [0.15, 0.2) is 0 Å². The van der Waals surface area contributed by atoms with E-state index in [0.717, 1.165) is 12.8 Å². The number of Topliss-reactive ketones (excluding diaryl/α,β-unsaturated/α-hetero) is 1. The van der Waals surface area contributed by atoms with E-state index in [1.165, 1.54) is 14.2 Å². The van der Waals surface area contributed by atoms with E-state index in [-0.39, 0.29) is 17.9 Å². The smallest absolute Gasteiger partial charge is 0.312 e. The van der Waals surface area contributed by atoms with Crippen LogP contribution in [-0.4, -0.2) is 26.2 Å². The first-order valence-corrected chi connectivity index (χ1v) is 6.07. The molecule has 0 N–H and O–H groups in total. The summed E-state index contributed by atoms with van der Waals surface area (Å²) in [4.78, 5) is 11.3. The van der Waals surface area contributed by atoms with E-state index in [4.69, 9.17) is 9.05 Å². The van der Waals surface area contributed by atoms with Crippen LogP contribution in [0.1, 0.15) is 19.3 Å². The Hall–Kier alpha value is -0.180. The Labute approximate surface area is 78.1 Å². The maximum Gasteiger partial charge on any atom is 0.330 e. The average molecular weight is 206 g/mol. The van der Waals surface area contributed by atoms with Crippen LogP contribution < -0.4 is 0 Å². The first kappa shape index (κ1) is 10.9. The van der Waals surface area contributed by atoms with Gasteiger partial charge in [0, 0.05) is 26.6 Å². The molecule has 0 amide bonds. The number of hydrogen-bond acceptors (Lipinski definition) is 4. The number of ketones is 1. The van der Waals surface area contributed by atoms with E-state index in [1.807, 2.05) is 0 Å². The van der Waals surface area contributed by atoms with Crippen molar-refractivity contribution in [3.63, 3.8) is 0 Å². The highest BCUT2D eigenvalue weighted by molar-refractivity contribution is 7.53. The van der Waals surface area contributed by atoms with E-state index < -0.39 is 7.60 Å². The largest absolute Gasteiger partial charge is 0.330 e. The van der Waals surface area contributed by atoms with Gasteiger partial charge in [-0.1, -0.05) is 0 Å². The summed E-state index contributed by atoms with van der Waals surface area (Å²) >= 11 is 0. The summed E-state index contributed by atoms with van der Waals surface area (Å²) in [6, 6.07) is 0. The standard InChI is InChI=1S/C8H15O4P/c1-11-13(10,12-2)6-5-8(9)7-3-4-7/h7H,3-6H2,1-2H3. The lowest BCUT2D eigenvalue weighted by Gasteiger charge is -2.12. The van der Waals surface area contributed by atoms with E-state index in [1.54, 1.807) is 0 Å². The molecular formula is C8H15O4P. The predicted molar refractivity (Wildman–Crippen MR) is 48.8 cm³/mol. The highest BCUT2D eigenvalue weighted by atomic mass is 31.2. The quantitative estimate of drug-likeness (QED) is 0.622.